The first-order chi connectivity index (χ1) is 18.1. The maximum absolute atomic E-state index is 14.3. The Morgan fingerprint density at radius 3 is 2.28 bits per heavy atom. The number of benzene rings is 1. The summed E-state index contributed by atoms with van der Waals surface area (Å²) in [7, 11) is 0. The van der Waals surface area contributed by atoms with E-state index in [-0.39, 0.29) is 30.6 Å². The van der Waals surface area contributed by atoms with Gasteiger partial charge >= 0.3 is 11.9 Å². The number of ether oxygens (including phenoxy) is 3. The first-order valence-electron chi connectivity index (χ1n) is 13.2. The molecule has 39 heavy (non-hydrogen) atoms. The zero-order valence-corrected chi connectivity index (χ0v) is 22.7. The number of ketones is 1. The Morgan fingerprint density at radius 1 is 1.08 bits per heavy atom. The summed E-state index contributed by atoms with van der Waals surface area (Å²) < 4.78 is 17.7. The van der Waals surface area contributed by atoms with Gasteiger partial charge in [0.05, 0.1) is 35.7 Å². The third-order valence-electron chi connectivity index (χ3n) is 9.95. The van der Waals surface area contributed by atoms with Crippen LogP contribution in [0, 0.1) is 16.7 Å². The van der Waals surface area contributed by atoms with Gasteiger partial charge in [-0.1, -0.05) is 32.0 Å². The van der Waals surface area contributed by atoms with Gasteiger partial charge in [-0.15, -0.1) is 0 Å². The fraction of sp³-hybridized carbons (Fsp3) is 0.621. The van der Waals surface area contributed by atoms with Crippen LogP contribution < -0.4 is 0 Å². The Labute approximate surface area is 226 Å². The highest BCUT2D eigenvalue weighted by atomic mass is 16.6. The number of rotatable bonds is 3. The second-order valence-electron chi connectivity index (χ2n) is 12.2. The van der Waals surface area contributed by atoms with Gasteiger partial charge in [0.25, 0.3) is 0 Å². The predicted octanol–water partition coefficient (Wildman–Crippen LogP) is 1.08. The van der Waals surface area contributed by atoms with E-state index >= 15 is 0 Å². The molecule has 5 rings (SSSR count). The van der Waals surface area contributed by atoms with Crippen LogP contribution in [0.1, 0.15) is 57.8 Å². The van der Waals surface area contributed by atoms with E-state index in [4.69, 9.17) is 14.2 Å². The van der Waals surface area contributed by atoms with Crippen LogP contribution in [0.15, 0.2) is 41.5 Å². The standard InChI is InChI=1S/C29H36O10/c1-14-17(31)12-29(36)24(38-25(35)16-9-7-6-8-10-16)22-27(5,23(34)21(33)20(14)26(29,3)4)18(32)11-19-28(22,13-37-19)39-15(2)30/h6-10,17-19,21-22,24,31-33,36H,11-13H2,1-5H3/t17-,18-,19+,21+,22-,24-,27+,28+,29+/m0/s1. The summed E-state index contributed by atoms with van der Waals surface area (Å²) in [5.41, 5.74) is -6.24. The van der Waals surface area contributed by atoms with Crippen molar-refractivity contribution in [2.75, 3.05) is 6.61 Å². The Kier molecular flexibility index (Phi) is 6.40. The minimum atomic E-state index is -2.07. The molecule has 9 atom stereocenters. The molecule has 0 radical (unpaired) electrons. The van der Waals surface area contributed by atoms with Crippen LogP contribution in [0.5, 0.6) is 0 Å². The number of hydrogen-bond donors (Lipinski definition) is 4. The van der Waals surface area contributed by atoms with Gasteiger partial charge in [-0.3, -0.25) is 9.59 Å². The number of esters is 2. The van der Waals surface area contributed by atoms with Gasteiger partial charge < -0.3 is 34.6 Å². The smallest absolute Gasteiger partial charge is 0.338 e. The van der Waals surface area contributed by atoms with Crippen molar-refractivity contribution in [2.24, 2.45) is 16.7 Å². The van der Waals surface area contributed by atoms with Crippen molar-refractivity contribution in [3.05, 3.63) is 47.0 Å². The molecule has 4 N–H and O–H groups in total. The van der Waals surface area contributed by atoms with Crippen molar-refractivity contribution in [2.45, 2.75) is 89.2 Å². The summed E-state index contributed by atoms with van der Waals surface area (Å²) in [5.74, 6) is -3.60. The second kappa shape index (κ2) is 8.94. The monoisotopic (exact) mass is 544 g/mol. The van der Waals surface area contributed by atoms with Crippen LogP contribution in [0.2, 0.25) is 0 Å². The zero-order valence-electron chi connectivity index (χ0n) is 22.7. The Hall–Kier alpha value is -2.63. The summed E-state index contributed by atoms with van der Waals surface area (Å²) in [6.07, 6.45) is -7.26. The van der Waals surface area contributed by atoms with E-state index in [2.05, 4.69) is 0 Å². The number of aliphatic hydroxyl groups is 4. The molecule has 10 heteroatoms. The van der Waals surface area contributed by atoms with Gasteiger partial charge in [-0.2, -0.15) is 0 Å². The molecular formula is C29H36O10. The number of aliphatic hydroxyl groups excluding tert-OH is 3. The Morgan fingerprint density at radius 2 is 1.72 bits per heavy atom. The minimum Gasteiger partial charge on any atom is -0.455 e. The molecule has 0 amide bonds. The molecule has 1 aromatic rings. The van der Waals surface area contributed by atoms with Gasteiger partial charge in [0.1, 0.15) is 23.9 Å². The quantitative estimate of drug-likeness (QED) is 0.320. The van der Waals surface area contributed by atoms with E-state index in [1.807, 2.05) is 0 Å². The average Bonchev–Trinajstić information content (AvgIpc) is 2.87. The fourth-order valence-electron chi connectivity index (χ4n) is 7.66. The maximum atomic E-state index is 14.3. The maximum Gasteiger partial charge on any atom is 0.338 e. The number of fused-ring (bicyclic) bond motifs is 5. The molecular weight excluding hydrogens is 508 g/mol. The Bertz CT molecular complexity index is 1240. The van der Waals surface area contributed by atoms with E-state index in [9.17, 15) is 34.8 Å². The van der Waals surface area contributed by atoms with E-state index in [0.29, 0.717) is 5.57 Å². The molecule has 2 saturated carbocycles. The second-order valence-corrected chi connectivity index (χ2v) is 12.2. The van der Waals surface area contributed by atoms with Crippen molar-refractivity contribution < 1.29 is 49.0 Å². The van der Waals surface area contributed by atoms with Crippen molar-refractivity contribution in [3.63, 3.8) is 0 Å². The summed E-state index contributed by atoms with van der Waals surface area (Å²) >= 11 is 0. The molecule has 0 aromatic heterocycles. The largest absolute Gasteiger partial charge is 0.455 e. The lowest BCUT2D eigenvalue weighted by molar-refractivity contribution is -0.345. The molecule has 1 aliphatic heterocycles. The topological polar surface area (TPSA) is 160 Å². The molecule has 1 aromatic carbocycles. The average molecular weight is 545 g/mol. The SMILES string of the molecule is CC(=O)O[C@]12CO[C@@H]1C[C@H](O)[C@@]1(C)C(=O)[C@H](O)C3=C(C)[C@@H](O)C[C@@](O)([C@@H](OC(=O)c4ccccc4)[C@H]21)C3(C)C. The molecule has 3 fully saturated rings. The van der Waals surface area contributed by atoms with Crippen molar-refractivity contribution in [1.29, 1.82) is 0 Å². The van der Waals surface area contributed by atoms with Crippen molar-refractivity contribution >= 4 is 17.7 Å². The molecule has 1 heterocycles. The first kappa shape index (κ1) is 27.9. The number of carbonyl (C=O) groups excluding carboxylic acids is 3. The molecule has 212 valence electrons. The molecule has 3 aliphatic carbocycles. The number of carbonyl (C=O) groups is 3. The lowest BCUT2D eigenvalue weighted by Crippen LogP contribution is -2.81. The summed E-state index contributed by atoms with van der Waals surface area (Å²) in [5, 5.41) is 46.7. The van der Waals surface area contributed by atoms with E-state index in [0.717, 1.165) is 0 Å². The summed E-state index contributed by atoms with van der Waals surface area (Å²) in [6, 6.07) is 8.08. The highest BCUT2D eigenvalue weighted by Gasteiger charge is 2.77. The first-order valence-corrected chi connectivity index (χ1v) is 13.2. The predicted molar refractivity (Wildman–Crippen MR) is 135 cm³/mol. The molecule has 0 unspecified atom stereocenters. The van der Waals surface area contributed by atoms with Crippen LogP contribution in [-0.4, -0.2) is 86.5 Å². The zero-order chi connectivity index (χ0) is 28.7. The van der Waals surface area contributed by atoms with E-state index in [1.54, 1.807) is 39.0 Å². The molecule has 2 bridgehead atoms. The highest BCUT2D eigenvalue weighted by molar-refractivity contribution is 5.94. The van der Waals surface area contributed by atoms with Crippen LogP contribution in [0.3, 0.4) is 0 Å². The van der Waals surface area contributed by atoms with Gasteiger partial charge in [0, 0.05) is 25.2 Å². The molecule has 0 spiro atoms. The fourth-order valence-corrected chi connectivity index (χ4v) is 7.66. The van der Waals surface area contributed by atoms with Gasteiger partial charge in [0.15, 0.2) is 11.4 Å². The Balaban J connectivity index is 1.81. The normalized spacial score (nSPS) is 42.7. The van der Waals surface area contributed by atoms with E-state index in [1.165, 1.54) is 26.0 Å². The van der Waals surface area contributed by atoms with Crippen molar-refractivity contribution in [1.82, 2.24) is 0 Å². The number of Topliss-reactive ketones (excluding diaryl/α,β-unsaturated/α-hetero) is 1. The lowest BCUT2D eigenvalue weighted by Gasteiger charge is -2.67. The van der Waals surface area contributed by atoms with Gasteiger partial charge in [-0.05, 0) is 37.1 Å². The summed E-state index contributed by atoms with van der Waals surface area (Å²) in [6.45, 7) is 7.29. The van der Waals surface area contributed by atoms with Crippen LogP contribution in [0.4, 0.5) is 0 Å². The van der Waals surface area contributed by atoms with Crippen molar-refractivity contribution in [3.8, 4) is 0 Å². The van der Waals surface area contributed by atoms with Gasteiger partial charge in [-0.25, -0.2) is 4.79 Å². The third kappa shape index (κ3) is 3.62. The van der Waals surface area contributed by atoms with E-state index < -0.39 is 76.2 Å². The molecule has 4 aliphatic rings. The minimum absolute atomic E-state index is 0.0828. The summed E-state index contributed by atoms with van der Waals surface area (Å²) in [4.78, 5) is 40.3. The lowest BCUT2D eigenvalue weighted by atomic mass is 9.44. The highest BCUT2D eigenvalue weighted by Crippen LogP contribution is 2.63. The van der Waals surface area contributed by atoms with Gasteiger partial charge in [0.2, 0.25) is 0 Å². The number of hydrogen-bond acceptors (Lipinski definition) is 10. The van der Waals surface area contributed by atoms with Crippen LogP contribution >= 0.6 is 0 Å². The van der Waals surface area contributed by atoms with Crippen LogP contribution in [-0.2, 0) is 23.8 Å². The molecule has 10 nitrogen and oxygen atoms in total. The third-order valence-corrected chi connectivity index (χ3v) is 9.95. The van der Waals surface area contributed by atoms with Crippen LogP contribution in [0.25, 0.3) is 0 Å². The molecule has 1 saturated heterocycles.